The van der Waals surface area contributed by atoms with Crippen LogP contribution in [0.2, 0.25) is 0 Å². The summed E-state index contributed by atoms with van der Waals surface area (Å²) in [6.45, 7) is 10.2. The predicted molar refractivity (Wildman–Crippen MR) is 83.5 cm³/mol. The lowest BCUT2D eigenvalue weighted by atomic mass is 9.75. The lowest BCUT2D eigenvalue weighted by molar-refractivity contribution is -0.00151. The van der Waals surface area contributed by atoms with Crippen LogP contribution < -0.4 is 5.32 Å². The topological polar surface area (TPSA) is 21.3 Å². The van der Waals surface area contributed by atoms with Crippen LogP contribution in [0.15, 0.2) is 0 Å². The first-order valence-electron chi connectivity index (χ1n) is 8.31. The highest BCUT2D eigenvalue weighted by molar-refractivity contribution is 4.86. The molecule has 0 bridgehead atoms. The van der Waals surface area contributed by atoms with Crippen LogP contribution in [0, 0.1) is 11.8 Å². The second-order valence-corrected chi connectivity index (χ2v) is 6.92. The molecule has 0 spiro atoms. The van der Waals surface area contributed by atoms with Crippen molar-refractivity contribution >= 4 is 0 Å². The summed E-state index contributed by atoms with van der Waals surface area (Å²) in [4.78, 5) is 0. The number of methoxy groups -OCH3 is 1. The minimum Gasteiger partial charge on any atom is -0.379 e. The Kier molecular flexibility index (Phi) is 7.38. The third-order valence-corrected chi connectivity index (χ3v) is 4.96. The van der Waals surface area contributed by atoms with E-state index in [2.05, 4.69) is 33.0 Å². The molecule has 1 fully saturated rings. The Morgan fingerprint density at radius 2 is 1.79 bits per heavy atom. The van der Waals surface area contributed by atoms with Crippen LogP contribution in [0.25, 0.3) is 0 Å². The third kappa shape index (κ3) is 5.83. The Morgan fingerprint density at radius 3 is 2.26 bits per heavy atom. The van der Waals surface area contributed by atoms with Crippen LogP contribution in [-0.4, -0.2) is 25.3 Å². The van der Waals surface area contributed by atoms with E-state index in [-0.39, 0.29) is 5.60 Å². The quantitative estimate of drug-likeness (QED) is 0.706. The van der Waals surface area contributed by atoms with E-state index >= 15 is 0 Å². The molecule has 0 saturated heterocycles. The largest absolute Gasteiger partial charge is 0.379 e. The maximum Gasteiger partial charge on any atom is 0.0637 e. The zero-order valence-electron chi connectivity index (χ0n) is 13.8. The number of rotatable bonds is 8. The monoisotopic (exact) mass is 269 g/mol. The van der Waals surface area contributed by atoms with Crippen LogP contribution in [0.5, 0.6) is 0 Å². The van der Waals surface area contributed by atoms with Gasteiger partial charge in [0.25, 0.3) is 0 Å². The summed E-state index contributed by atoms with van der Waals surface area (Å²) >= 11 is 0. The second kappa shape index (κ2) is 8.26. The molecular weight excluding hydrogens is 234 g/mol. The van der Waals surface area contributed by atoms with E-state index in [1.54, 1.807) is 0 Å². The maximum atomic E-state index is 5.64. The normalized spacial score (nSPS) is 26.4. The van der Waals surface area contributed by atoms with Gasteiger partial charge < -0.3 is 10.1 Å². The van der Waals surface area contributed by atoms with Crippen molar-refractivity contribution in [2.45, 2.75) is 84.3 Å². The molecule has 1 rings (SSSR count). The first kappa shape index (κ1) is 17.0. The van der Waals surface area contributed by atoms with Crippen molar-refractivity contribution in [2.75, 3.05) is 13.7 Å². The molecule has 0 aromatic rings. The highest BCUT2D eigenvalue weighted by Crippen LogP contribution is 2.35. The molecule has 1 atom stereocenters. The van der Waals surface area contributed by atoms with Gasteiger partial charge in [0.1, 0.15) is 0 Å². The molecule has 1 unspecified atom stereocenters. The van der Waals surface area contributed by atoms with E-state index in [0.717, 1.165) is 24.8 Å². The van der Waals surface area contributed by atoms with Gasteiger partial charge in [-0.15, -0.1) is 0 Å². The molecular formula is C17H35NO. The molecule has 2 heteroatoms. The van der Waals surface area contributed by atoms with Crippen molar-refractivity contribution < 1.29 is 4.74 Å². The summed E-state index contributed by atoms with van der Waals surface area (Å²) in [5.74, 6) is 1.84. The summed E-state index contributed by atoms with van der Waals surface area (Å²) in [6.07, 6.45) is 9.37. The number of hydrogen-bond donors (Lipinski definition) is 1. The van der Waals surface area contributed by atoms with Crippen LogP contribution in [0.3, 0.4) is 0 Å². The van der Waals surface area contributed by atoms with Gasteiger partial charge in [-0.2, -0.15) is 0 Å². The average molecular weight is 269 g/mol. The first-order valence-corrected chi connectivity index (χ1v) is 8.31. The Morgan fingerprint density at radius 1 is 1.16 bits per heavy atom. The molecule has 0 aromatic heterocycles. The minimum atomic E-state index is -0.00693. The minimum absolute atomic E-state index is 0.00693. The number of ether oxygens (including phenoxy) is 1. The zero-order valence-corrected chi connectivity index (χ0v) is 13.8. The van der Waals surface area contributed by atoms with E-state index in [1.165, 1.54) is 38.5 Å². The average Bonchev–Trinajstić information content (AvgIpc) is 2.43. The molecule has 1 aliphatic rings. The molecule has 0 radical (unpaired) electrons. The molecule has 1 saturated carbocycles. The van der Waals surface area contributed by atoms with Gasteiger partial charge in [-0.1, -0.05) is 33.1 Å². The molecule has 19 heavy (non-hydrogen) atoms. The van der Waals surface area contributed by atoms with E-state index in [4.69, 9.17) is 4.74 Å². The number of nitrogens with one attached hydrogen (secondary N) is 1. The standard InChI is InChI=1S/C17H35NO/c1-6-12-18-16(13-17(3,4)19-5)15-10-8-14(7-2)9-11-15/h14-16,18H,6-13H2,1-5H3. The Bertz CT molecular complexity index is 231. The first-order chi connectivity index (χ1) is 9.02. The molecule has 0 amide bonds. The fourth-order valence-electron chi connectivity index (χ4n) is 3.35. The second-order valence-electron chi connectivity index (χ2n) is 6.92. The van der Waals surface area contributed by atoms with E-state index < -0.39 is 0 Å². The maximum absolute atomic E-state index is 5.64. The van der Waals surface area contributed by atoms with Gasteiger partial charge in [0.05, 0.1) is 5.60 Å². The lowest BCUT2D eigenvalue weighted by Gasteiger charge is -2.38. The van der Waals surface area contributed by atoms with Crippen molar-refractivity contribution in [1.29, 1.82) is 0 Å². The van der Waals surface area contributed by atoms with Gasteiger partial charge >= 0.3 is 0 Å². The van der Waals surface area contributed by atoms with Gasteiger partial charge in [0, 0.05) is 13.2 Å². The van der Waals surface area contributed by atoms with Crippen molar-refractivity contribution in [3.8, 4) is 0 Å². The SMILES string of the molecule is CCCNC(CC(C)(C)OC)C1CCC(CC)CC1. The van der Waals surface area contributed by atoms with Gasteiger partial charge in [-0.3, -0.25) is 0 Å². The third-order valence-electron chi connectivity index (χ3n) is 4.96. The van der Waals surface area contributed by atoms with Crippen molar-refractivity contribution in [3.05, 3.63) is 0 Å². The molecule has 0 aliphatic heterocycles. The molecule has 0 heterocycles. The predicted octanol–water partition coefficient (Wildman–Crippen LogP) is 4.39. The number of hydrogen-bond acceptors (Lipinski definition) is 2. The lowest BCUT2D eigenvalue weighted by Crippen LogP contribution is -2.44. The van der Waals surface area contributed by atoms with Crippen LogP contribution in [0.4, 0.5) is 0 Å². The molecule has 0 aromatic carbocycles. The van der Waals surface area contributed by atoms with Gasteiger partial charge in [-0.05, 0) is 57.9 Å². The summed E-state index contributed by atoms with van der Waals surface area (Å²) in [5, 5.41) is 3.78. The van der Waals surface area contributed by atoms with Gasteiger partial charge in [0.15, 0.2) is 0 Å². The Balaban J connectivity index is 2.53. The smallest absolute Gasteiger partial charge is 0.0637 e. The highest BCUT2D eigenvalue weighted by atomic mass is 16.5. The van der Waals surface area contributed by atoms with Gasteiger partial charge in [-0.25, -0.2) is 0 Å². The molecule has 1 aliphatic carbocycles. The Labute approximate surface area is 120 Å². The van der Waals surface area contributed by atoms with E-state index in [0.29, 0.717) is 6.04 Å². The van der Waals surface area contributed by atoms with E-state index in [9.17, 15) is 0 Å². The molecule has 1 N–H and O–H groups in total. The van der Waals surface area contributed by atoms with Crippen molar-refractivity contribution in [3.63, 3.8) is 0 Å². The van der Waals surface area contributed by atoms with Crippen molar-refractivity contribution in [1.82, 2.24) is 5.32 Å². The summed E-state index contributed by atoms with van der Waals surface area (Å²) < 4.78 is 5.64. The molecule has 114 valence electrons. The highest BCUT2D eigenvalue weighted by Gasteiger charge is 2.31. The van der Waals surface area contributed by atoms with Crippen LogP contribution in [0.1, 0.15) is 72.6 Å². The Hall–Kier alpha value is -0.0800. The fraction of sp³-hybridized carbons (Fsp3) is 1.00. The van der Waals surface area contributed by atoms with E-state index in [1.807, 2.05) is 7.11 Å². The zero-order chi connectivity index (χ0) is 14.3. The summed E-state index contributed by atoms with van der Waals surface area (Å²) in [6, 6.07) is 0.632. The summed E-state index contributed by atoms with van der Waals surface area (Å²) in [7, 11) is 1.84. The fourth-order valence-corrected chi connectivity index (χ4v) is 3.35. The van der Waals surface area contributed by atoms with Crippen molar-refractivity contribution in [2.24, 2.45) is 11.8 Å². The van der Waals surface area contributed by atoms with Crippen LogP contribution in [-0.2, 0) is 4.74 Å². The van der Waals surface area contributed by atoms with Crippen LogP contribution >= 0.6 is 0 Å². The summed E-state index contributed by atoms with van der Waals surface area (Å²) in [5.41, 5.74) is -0.00693. The molecule has 2 nitrogen and oxygen atoms in total. The van der Waals surface area contributed by atoms with Gasteiger partial charge in [0.2, 0.25) is 0 Å².